The number of benzene rings is 1. The van der Waals surface area contributed by atoms with Crippen LogP contribution in [0.4, 0.5) is 4.79 Å². The van der Waals surface area contributed by atoms with Crippen molar-refractivity contribution in [1.29, 1.82) is 0 Å². The molecule has 3 rings (SSSR count). The van der Waals surface area contributed by atoms with Crippen LogP contribution in [0.1, 0.15) is 44.1 Å². The summed E-state index contributed by atoms with van der Waals surface area (Å²) in [7, 11) is 0. The fourth-order valence-electron chi connectivity index (χ4n) is 4.08. The third-order valence-corrected chi connectivity index (χ3v) is 5.85. The highest BCUT2D eigenvalue weighted by molar-refractivity contribution is 5.78. The van der Waals surface area contributed by atoms with Crippen LogP contribution in [0.5, 0.6) is 0 Å². The van der Waals surface area contributed by atoms with Crippen LogP contribution in [0.25, 0.3) is 0 Å². The predicted molar refractivity (Wildman–Crippen MR) is 111 cm³/mol. The number of rotatable bonds is 7. The Morgan fingerprint density at radius 1 is 0.964 bits per heavy atom. The average Bonchev–Trinajstić information content (AvgIpc) is 2.74. The van der Waals surface area contributed by atoms with Crippen LogP contribution in [-0.4, -0.2) is 67.0 Å². The fourth-order valence-corrected chi connectivity index (χ4v) is 4.08. The summed E-state index contributed by atoms with van der Waals surface area (Å²) in [5.74, 6) is 0.140. The van der Waals surface area contributed by atoms with E-state index in [-0.39, 0.29) is 11.9 Å². The molecule has 1 saturated heterocycles. The van der Waals surface area contributed by atoms with Crippen LogP contribution < -0.4 is 10.6 Å². The van der Waals surface area contributed by atoms with E-state index in [0.29, 0.717) is 19.0 Å². The van der Waals surface area contributed by atoms with Crippen molar-refractivity contribution in [3.63, 3.8) is 0 Å². The second kappa shape index (κ2) is 11.1. The molecule has 6 nitrogen and oxygen atoms in total. The van der Waals surface area contributed by atoms with Gasteiger partial charge in [0.05, 0.1) is 0 Å². The molecule has 0 radical (unpaired) electrons. The first-order valence-corrected chi connectivity index (χ1v) is 10.8. The summed E-state index contributed by atoms with van der Waals surface area (Å²) in [6, 6.07) is 10.7. The topological polar surface area (TPSA) is 64.7 Å². The van der Waals surface area contributed by atoms with E-state index in [1.165, 1.54) is 24.8 Å². The van der Waals surface area contributed by atoms with Crippen molar-refractivity contribution in [2.75, 3.05) is 39.3 Å². The maximum Gasteiger partial charge on any atom is 0.315 e. The fraction of sp³-hybridized carbons (Fsp3) is 0.636. The van der Waals surface area contributed by atoms with Gasteiger partial charge >= 0.3 is 6.03 Å². The van der Waals surface area contributed by atoms with Gasteiger partial charge in [-0.2, -0.15) is 0 Å². The summed E-state index contributed by atoms with van der Waals surface area (Å²) >= 11 is 0. The first kappa shape index (κ1) is 20.6. The Morgan fingerprint density at radius 3 is 2.39 bits per heavy atom. The van der Waals surface area contributed by atoms with Gasteiger partial charge in [-0.05, 0) is 24.8 Å². The molecule has 1 heterocycles. The van der Waals surface area contributed by atoms with Crippen LogP contribution in [0.15, 0.2) is 30.3 Å². The molecule has 1 aromatic rings. The quantitative estimate of drug-likeness (QED) is 0.756. The Labute approximate surface area is 168 Å². The van der Waals surface area contributed by atoms with Gasteiger partial charge in [-0.3, -0.25) is 9.69 Å². The minimum Gasteiger partial charge on any atom is -0.340 e. The molecule has 2 fully saturated rings. The molecule has 1 aliphatic carbocycles. The van der Waals surface area contributed by atoms with Crippen molar-refractivity contribution >= 4 is 11.9 Å². The lowest BCUT2D eigenvalue weighted by Crippen LogP contribution is -2.50. The van der Waals surface area contributed by atoms with E-state index in [1.54, 1.807) is 0 Å². The average molecular weight is 387 g/mol. The van der Waals surface area contributed by atoms with Gasteiger partial charge in [0.15, 0.2) is 0 Å². The van der Waals surface area contributed by atoms with E-state index in [9.17, 15) is 9.59 Å². The molecule has 2 N–H and O–H groups in total. The van der Waals surface area contributed by atoms with E-state index in [2.05, 4.69) is 39.8 Å². The maximum absolute atomic E-state index is 12.4. The molecule has 0 unspecified atom stereocenters. The Bertz CT molecular complexity index is 608. The third-order valence-electron chi connectivity index (χ3n) is 5.85. The van der Waals surface area contributed by atoms with Crippen LogP contribution >= 0.6 is 0 Å². The minimum absolute atomic E-state index is 0.134. The van der Waals surface area contributed by atoms with Gasteiger partial charge in [-0.1, -0.05) is 49.6 Å². The number of hydrogen-bond acceptors (Lipinski definition) is 3. The number of carbonyl (C=O) groups excluding carboxylic acids is 2. The van der Waals surface area contributed by atoms with Crippen LogP contribution in [0.3, 0.4) is 0 Å². The smallest absolute Gasteiger partial charge is 0.315 e. The van der Waals surface area contributed by atoms with E-state index in [0.717, 1.165) is 52.0 Å². The summed E-state index contributed by atoms with van der Waals surface area (Å²) < 4.78 is 0. The highest BCUT2D eigenvalue weighted by atomic mass is 16.2. The molecule has 6 heteroatoms. The zero-order valence-electron chi connectivity index (χ0n) is 16.9. The summed E-state index contributed by atoms with van der Waals surface area (Å²) in [4.78, 5) is 28.7. The lowest BCUT2D eigenvalue weighted by Gasteiger charge is -2.34. The number of amides is 3. The second-order valence-electron chi connectivity index (χ2n) is 7.94. The largest absolute Gasteiger partial charge is 0.340 e. The van der Waals surface area contributed by atoms with Gasteiger partial charge in [0, 0.05) is 51.7 Å². The van der Waals surface area contributed by atoms with Crippen LogP contribution in [0, 0.1) is 0 Å². The van der Waals surface area contributed by atoms with Crippen molar-refractivity contribution < 1.29 is 9.59 Å². The van der Waals surface area contributed by atoms with Gasteiger partial charge in [-0.15, -0.1) is 0 Å². The van der Waals surface area contributed by atoms with E-state index >= 15 is 0 Å². The first-order chi connectivity index (χ1) is 13.7. The Morgan fingerprint density at radius 2 is 1.68 bits per heavy atom. The predicted octanol–water partition coefficient (Wildman–Crippen LogP) is 2.40. The SMILES string of the molecule is O=C(NCCC(=O)N1CCN(CCc2ccccc2)CC1)NC1CCCCC1. The van der Waals surface area contributed by atoms with Crippen LogP contribution in [-0.2, 0) is 11.2 Å². The summed E-state index contributed by atoms with van der Waals surface area (Å²) in [6.07, 6.45) is 7.23. The number of piperazine rings is 1. The molecule has 154 valence electrons. The summed E-state index contributed by atoms with van der Waals surface area (Å²) in [5.41, 5.74) is 1.36. The number of hydrogen-bond donors (Lipinski definition) is 2. The van der Waals surface area contributed by atoms with Crippen LogP contribution in [0.2, 0.25) is 0 Å². The highest BCUT2D eigenvalue weighted by Gasteiger charge is 2.21. The normalized spacial score (nSPS) is 18.6. The van der Waals surface area contributed by atoms with Crippen molar-refractivity contribution in [3.05, 3.63) is 35.9 Å². The van der Waals surface area contributed by atoms with Crippen molar-refractivity contribution in [3.8, 4) is 0 Å². The molecule has 1 aliphatic heterocycles. The van der Waals surface area contributed by atoms with Gasteiger partial charge in [0.25, 0.3) is 0 Å². The van der Waals surface area contributed by atoms with Gasteiger partial charge < -0.3 is 15.5 Å². The van der Waals surface area contributed by atoms with Crippen molar-refractivity contribution in [2.24, 2.45) is 0 Å². The number of carbonyl (C=O) groups is 2. The number of nitrogens with zero attached hydrogens (tertiary/aromatic N) is 2. The molecule has 28 heavy (non-hydrogen) atoms. The molecular weight excluding hydrogens is 352 g/mol. The first-order valence-electron chi connectivity index (χ1n) is 10.8. The second-order valence-corrected chi connectivity index (χ2v) is 7.94. The maximum atomic E-state index is 12.4. The lowest BCUT2D eigenvalue weighted by molar-refractivity contribution is -0.132. The Balaban J connectivity index is 1.27. The standard InChI is InChI=1S/C22H34N4O2/c27-21(11-13-23-22(28)24-20-9-5-2-6-10-20)26-17-15-25(16-18-26)14-12-19-7-3-1-4-8-19/h1,3-4,7-8,20H,2,5-6,9-18H2,(H2,23,24,28). The summed E-state index contributed by atoms with van der Waals surface area (Å²) in [5, 5.41) is 5.86. The zero-order valence-corrected chi connectivity index (χ0v) is 16.9. The number of nitrogens with one attached hydrogen (secondary N) is 2. The Kier molecular flexibility index (Phi) is 8.15. The van der Waals surface area contributed by atoms with E-state index in [4.69, 9.17) is 0 Å². The Hall–Kier alpha value is -2.08. The molecule has 0 spiro atoms. The molecule has 0 bridgehead atoms. The molecule has 3 amide bonds. The minimum atomic E-state index is -0.134. The molecule has 0 atom stereocenters. The monoisotopic (exact) mass is 386 g/mol. The molecule has 2 aliphatic rings. The van der Waals surface area contributed by atoms with Crippen molar-refractivity contribution in [1.82, 2.24) is 20.4 Å². The van der Waals surface area contributed by atoms with E-state index < -0.39 is 0 Å². The third kappa shape index (κ3) is 6.82. The molecule has 1 saturated carbocycles. The van der Waals surface area contributed by atoms with Gasteiger partial charge in [-0.25, -0.2) is 4.79 Å². The highest BCUT2D eigenvalue weighted by Crippen LogP contribution is 2.17. The van der Waals surface area contributed by atoms with E-state index in [1.807, 2.05) is 11.0 Å². The molecule has 0 aromatic heterocycles. The van der Waals surface area contributed by atoms with Gasteiger partial charge in [0.1, 0.15) is 0 Å². The molecule has 1 aromatic carbocycles. The molecular formula is C22H34N4O2. The lowest BCUT2D eigenvalue weighted by atomic mass is 9.96. The zero-order chi connectivity index (χ0) is 19.6. The summed E-state index contributed by atoms with van der Waals surface area (Å²) in [6.45, 7) is 4.85. The number of urea groups is 1. The van der Waals surface area contributed by atoms with Gasteiger partial charge in [0.2, 0.25) is 5.91 Å². The van der Waals surface area contributed by atoms with Crippen molar-refractivity contribution in [2.45, 2.75) is 51.0 Å².